The largest absolute Gasteiger partial charge is 0.263 e. The van der Waals surface area contributed by atoms with E-state index < -0.39 is 6.43 Å². The van der Waals surface area contributed by atoms with Gasteiger partial charge in [-0.3, -0.25) is 0 Å². The molecule has 0 saturated carbocycles. The third kappa shape index (κ3) is 1.62. The molecule has 0 bridgehead atoms. The fourth-order valence-electron chi connectivity index (χ4n) is 1.37. The van der Waals surface area contributed by atoms with Crippen molar-refractivity contribution < 1.29 is 8.78 Å². The van der Waals surface area contributed by atoms with Gasteiger partial charge in [-0.2, -0.15) is 0 Å². The van der Waals surface area contributed by atoms with Gasteiger partial charge in [-0.1, -0.05) is 11.6 Å². The maximum atomic E-state index is 12.4. The van der Waals surface area contributed by atoms with Crippen LogP contribution in [0.15, 0.2) is 18.2 Å². The van der Waals surface area contributed by atoms with Gasteiger partial charge in [0, 0.05) is 25.5 Å². The van der Waals surface area contributed by atoms with Crippen molar-refractivity contribution in [3.8, 4) is 0 Å². The number of alkyl halides is 2. The highest BCUT2D eigenvalue weighted by Gasteiger charge is 2.11. The minimum atomic E-state index is -2.46. The second kappa shape index (κ2) is 3.48. The molecule has 0 unspecified atom stereocenters. The third-order valence-corrected chi connectivity index (χ3v) is 3.29. The lowest BCUT2D eigenvalue weighted by atomic mass is 10.2. The number of rotatable bonds is 1. The van der Waals surface area contributed by atoms with Gasteiger partial charge in [0.1, 0.15) is 0 Å². The van der Waals surface area contributed by atoms with Gasteiger partial charge >= 0.3 is 0 Å². The quantitative estimate of drug-likeness (QED) is 0.663. The Morgan fingerprint density at radius 1 is 1.29 bits per heavy atom. The molecular formula is C10H7ClF2S. The summed E-state index contributed by atoms with van der Waals surface area (Å²) in [5, 5.41) is 1.26. The molecule has 4 heteroatoms. The summed E-state index contributed by atoms with van der Waals surface area (Å²) in [5.74, 6) is 0. The molecule has 0 saturated heterocycles. The minimum absolute atomic E-state index is 0.00986. The number of hydrogen-bond acceptors (Lipinski definition) is 1. The molecule has 2 rings (SSSR count). The van der Waals surface area contributed by atoms with Gasteiger partial charge in [0.25, 0.3) is 6.43 Å². The first-order valence-electron chi connectivity index (χ1n) is 4.05. The fourth-order valence-corrected chi connectivity index (χ4v) is 2.71. The van der Waals surface area contributed by atoms with E-state index in [2.05, 4.69) is 0 Å². The molecule has 0 nitrogen and oxygen atoms in total. The standard InChI is InChI=1S/C10H7ClF2S/c1-5-2-7-8(11)3-6(10(12)13)4-9(7)14-5/h2-4,10H,1H3. The Morgan fingerprint density at radius 2 is 2.00 bits per heavy atom. The molecule has 0 radical (unpaired) electrons. The number of thiophene rings is 1. The first-order valence-corrected chi connectivity index (χ1v) is 5.25. The van der Waals surface area contributed by atoms with Gasteiger partial charge in [0.15, 0.2) is 0 Å². The van der Waals surface area contributed by atoms with Crippen molar-refractivity contribution in [2.75, 3.05) is 0 Å². The summed E-state index contributed by atoms with van der Waals surface area (Å²) < 4.78 is 25.7. The Balaban J connectivity index is 2.71. The van der Waals surface area contributed by atoms with Gasteiger partial charge in [0.05, 0.1) is 0 Å². The summed E-state index contributed by atoms with van der Waals surface area (Å²) in [6.45, 7) is 1.93. The summed E-state index contributed by atoms with van der Waals surface area (Å²) in [6, 6.07) is 4.75. The molecule has 74 valence electrons. The van der Waals surface area contributed by atoms with Crippen LogP contribution in [0.25, 0.3) is 10.1 Å². The van der Waals surface area contributed by atoms with Crippen LogP contribution in [0.1, 0.15) is 16.9 Å². The Kier molecular flexibility index (Phi) is 2.45. The predicted molar refractivity (Wildman–Crippen MR) is 56.5 cm³/mol. The van der Waals surface area contributed by atoms with Gasteiger partial charge in [0.2, 0.25) is 0 Å². The molecule has 14 heavy (non-hydrogen) atoms. The Labute approximate surface area is 89.1 Å². The minimum Gasteiger partial charge on any atom is -0.205 e. The number of fused-ring (bicyclic) bond motifs is 1. The zero-order chi connectivity index (χ0) is 10.3. The van der Waals surface area contributed by atoms with E-state index in [9.17, 15) is 8.78 Å². The Bertz CT molecular complexity index is 476. The van der Waals surface area contributed by atoms with Crippen LogP contribution in [-0.4, -0.2) is 0 Å². The molecular weight excluding hydrogens is 226 g/mol. The highest BCUT2D eigenvalue weighted by atomic mass is 35.5. The monoisotopic (exact) mass is 232 g/mol. The molecule has 0 spiro atoms. The van der Waals surface area contributed by atoms with Gasteiger partial charge in [-0.15, -0.1) is 11.3 Å². The molecule has 0 aliphatic carbocycles. The highest BCUT2D eigenvalue weighted by Crippen LogP contribution is 2.34. The van der Waals surface area contributed by atoms with E-state index in [1.165, 1.54) is 23.5 Å². The lowest BCUT2D eigenvalue weighted by Gasteiger charge is -2.00. The molecule has 0 amide bonds. The van der Waals surface area contributed by atoms with Crippen LogP contribution in [0, 0.1) is 6.92 Å². The van der Waals surface area contributed by atoms with Crippen LogP contribution in [0.2, 0.25) is 5.02 Å². The Hall–Kier alpha value is -0.670. The summed E-state index contributed by atoms with van der Waals surface area (Å²) in [6.07, 6.45) is -2.46. The molecule has 1 aromatic carbocycles. The van der Waals surface area contributed by atoms with Crippen molar-refractivity contribution in [3.63, 3.8) is 0 Å². The second-order valence-electron chi connectivity index (χ2n) is 3.07. The second-order valence-corrected chi connectivity index (χ2v) is 4.77. The highest BCUT2D eigenvalue weighted by molar-refractivity contribution is 7.19. The number of hydrogen-bond donors (Lipinski definition) is 0. The summed E-state index contributed by atoms with van der Waals surface area (Å²) in [4.78, 5) is 1.08. The topological polar surface area (TPSA) is 0 Å². The van der Waals surface area contributed by atoms with Crippen LogP contribution < -0.4 is 0 Å². The zero-order valence-electron chi connectivity index (χ0n) is 7.35. The first-order chi connectivity index (χ1) is 6.58. The summed E-state index contributed by atoms with van der Waals surface area (Å²) in [7, 11) is 0. The van der Waals surface area contributed by atoms with Crippen LogP contribution in [0.3, 0.4) is 0 Å². The lowest BCUT2D eigenvalue weighted by Crippen LogP contribution is -1.82. The molecule has 0 atom stereocenters. The van der Waals surface area contributed by atoms with E-state index in [1.807, 2.05) is 13.0 Å². The molecule has 1 aromatic heterocycles. The van der Waals surface area contributed by atoms with Crippen LogP contribution in [0.5, 0.6) is 0 Å². The smallest absolute Gasteiger partial charge is 0.205 e. The number of aryl methyl sites for hydroxylation is 1. The molecule has 0 aliphatic heterocycles. The average molecular weight is 233 g/mol. The van der Waals surface area contributed by atoms with Gasteiger partial charge in [-0.25, -0.2) is 8.78 Å². The van der Waals surface area contributed by atoms with Crippen molar-refractivity contribution in [2.24, 2.45) is 0 Å². The summed E-state index contributed by atoms with van der Waals surface area (Å²) >= 11 is 7.37. The molecule has 0 aliphatic rings. The third-order valence-electron chi connectivity index (χ3n) is 1.98. The van der Waals surface area contributed by atoms with E-state index >= 15 is 0 Å². The van der Waals surface area contributed by atoms with Crippen LogP contribution in [0.4, 0.5) is 8.78 Å². The van der Waals surface area contributed by atoms with E-state index in [4.69, 9.17) is 11.6 Å². The van der Waals surface area contributed by atoms with E-state index in [-0.39, 0.29) is 5.56 Å². The lowest BCUT2D eigenvalue weighted by molar-refractivity contribution is 0.151. The van der Waals surface area contributed by atoms with Gasteiger partial charge < -0.3 is 0 Å². The average Bonchev–Trinajstić information content (AvgIpc) is 2.45. The fraction of sp³-hybridized carbons (Fsp3) is 0.200. The number of halogens is 3. The van der Waals surface area contributed by atoms with Crippen molar-refractivity contribution in [1.29, 1.82) is 0 Å². The molecule has 1 heterocycles. The molecule has 0 fully saturated rings. The molecule has 2 aromatic rings. The normalized spacial score (nSPS) is 11.5. The zero-order valence-corrected chi connectivity index (χ0v) is 8.92. The van der Waals surface area contributed by atoms with Crippen molar-refractivity contribution in [2.45, 2.75) is 13.3 Å². The predicted octanol–water partition coefficient (Wildman–Crippen LogP) is 4.80. The van der Waals surface area contributed by atoms with E-state index in [0.717, 1.165) is 15.0 Å². The first kappa shape index (κ1) is 9.87. The maximum absolute atomic E-state index is 12.4. The van der Waals surface area contributed by atoms with E-state index in [1.54, 1.807) is 0 Å². The van der Waals surface area contributed by atoms with E-state index in [0.29, 0.717) is 5.02 Å². The molecule has 0 N–H and O–H groups in total. The van der Waals surface area contributed by atoms with Crippen LogP contribution >= 0.6 is 22.9 Å². The maximum Gasteiger partial charge on any atom is 0.263 e. The van der Waals surface area contributed by atoms with Crippen molar-refractivity contribution in [3.05, 3.63) is 33.7 Å². The SMILES string of the molecule is Cc1cc2c(Cl)cc(C(F)F)cc2s1. The van der Waals surface area contributed by atoms with Gasteiger partial charge in [-0.05, 0) is 25.1 Å². The van der Waals surface area contributed by atoms with Crippen molar-refractivity contribution in [1.82, 2.24) is 0 Å². The Morgan fingerprint density at radius 3 is 2.64 bits per heavy atom. The van der Waals surface area contributed by atoms with Crippen LogP contribution in [-0.2, 0) is 0 Å². The number of benzene rings is 1. The van der Waals surface area contributed by atoms with Crippen molar-refractivity contribution >= 4 is 33.0 Å². The summed E-state index contributed by atoms with van der Waals surface area (Å²) in [5.41, 5.74) is -0.00986.